The van der Waals surface area contributed by atoms with E-state index in [2.05, 4.69) is 23.8 Å². The molecule has 0 aliphatic carbocycles. The van der Waals surface area contributed by atoms with E-state index in [1.165, 1.54) is 6.20 Å². The van der Waals surface area contributed by atoms with E-state index in [9.17, 15) is 0 Å². The van der Waals surface area contributed by atoms with Gasteiger partial charge in [-0.1, -0.05) is 37.0 Å². The monoisotopic (exact) mass is 311 g/mol. The highest BCUT2D eigenvalue weighted by molar-refractivity contribution is 6.32. The molecule has 0 unspecified atom stereocenters. The highest BCUT2D eigenvalue weighted by atomic mass is 35.5. The molecule has 1 heterocycles. The van der Waals surface area contributed by atoms with Crippen LogP contribution in [0.15, 0.2) is 18.3 Å². The molecule has 2 N–H and O–H groups in total. The lowest BCUT2D eigenvalue weighted by Crippen LogP contribution is -1.99. The van der Waals surface area contributed by atoms with Crippen LogP contribution in [0.3, 0.4) is 0 Å². The number of halogens is 2. The van der Waals surface area contributed by atoms with E-state index in [-0.39, 0.29) is 17.7 Å². The Hall–Kier alpha value is -1.52. The van der Waals surface area contributed by atoms with Crippen molar-refractivity contribution < 1.29 is 4.74 Å². The van der Waals surface area contributed by atoms with Gasteiger partial charge in [0.1, 0.15) is 10.8 Å². The molecule has 0 radical (unpaired) electrons. The molecule has 6 heteroatoms. The molecule has 2 rings (SSSR count). The van der Waals surface area contributed by atoms with Gasteiger partial charge in [-0.3, -0.25) is 0 Å². The number of rotatable bonds is 3. The van der Waals surface area contributed by atoms with Gasteiger partial charge in [0.25, 0.3) is 0 Å². The molecule has 1 aromatic heterocycles. The summed E-state index contributed by atoms with van der Waals surface area (Å²) < 4.78 is 5.74. The summed E-state index contributed by atoms with van der Waals surface area (Å²) in [7, 11) is 0. The zero-order valence-corrected chi connectivity index (χ0v) is 13.0. The number of aromatic nitrogens is 2. The van der Waals surface area contributed by atoms with Gasteiger partial charge in [-0.2, -0.15) is 4.98 Å². The fraction of sp³-hybridized carbons (Fsp3) is 0.286. The Kier molecular flexibility index (Phi) is 4.35. The Bertz CT molecular complexity index is 645. The summed E-state index contributed by atoms with van der Waals surface area (Å²) in [6.45, 7) is 6.04. The highest BCUT2D eigenvalue weighted by Crippen LogP contribution is 2.35. The van der Waals surface area contributed by atoms with Gasteiger partial charge in [-0.15, -0.1) is 0 Å². The molecule has 2 aromatic rings. The first-order valence-electron chi connectivity index (χ1n) is 6.14. The van der Waals surface area contributed by atoms with E-state index < -0.39 is 0 Å². The van der Waals surface area contributed by atoms with Crippen LogP contribution in [0.4, 0.5) is 5.95 Å². The maximum Gasteiger partial charge on any atom is 0.243 e. The molecule has 1 aromatic carbocycles. The summed E-state index contributed by atoms with van der Waals surface area (Å²) in [6, 6.07) is 3.77. The SMILES string of the molecule is Cc1cc(Cl)c(C(C)C)cc1Oc1nc(N)ncc1Cl. The van der Waals surface area contributed by atoms with E-state index in [1.807, 2.05) is 19.1 Å². The summed E-state index contributed by atoms with van der Waals surface area (Å²) >= 11 is 12.2. The van der Waals surface area contributed by atoms with Gasteiger partial charge in [0, 0.05) is 5.02 Å². The van der Waals surface area contributed by atoms with Crippen molar-refractivity contribution in [3.05, 3.63) is 39.5 Å². The third-order valence-corrected chi connectivity index (χ3v) is 3.44. The minimum absolute atomic E-state index is 0.111. The van der Waals surface area contributed by atoms with E-state index in [1.54, 1.807) is 0 Å². The van der Waals surface area contributed by atoms with Crippen molar-refractivity contribution in [2.75, 3.05) is 5.73 Å². The Labute approximate surface area is 127 Å². The second-order valence-corrected chi connectivity index (χ2v) is 5.59. The number of aryl methyl sites for hydroxylation is 1. The van der Waals surface area contributed by atoms with Crippen molar-refractivity contribution >= 4 is 29.2 Å². The van der Waals surface area contributed by atoms with Gasteiger partial charge in [-0.25, -0.2) is 4.98 Å². The van der Waals surface area contributed by atoms with Crippen LogP contribution in [0.1, 0.15) is 30.9 Å². The lowest BCUT2D eigenvalue weighted by Gasteiger charge is -2.14. The van der Waals surface area contributed by atoms with Crippen molar-refractivity contribution in [1.82, 2.24) is 9.97 Å². The Balaban J connectivity index is 2.43. The summed E-state index contributed by atoms with van der Waals surface area (Å²) in [4.78, 5) is 7.78. The van der Waals surface area contributed by atoms with E-state index in [0.29, 0.717) is 10.8 Å². The lowest BCUT2D eigenvalue weighted by molar-refractivity contribution is 0.458. The molecule has 106 valence electrons. The molecule has 0 bridgehead atoms. The summed E-state index contributed by atoms with van der Waals surface area (Å²) in [5.74, 6) is 1.29. The minimum Gasteiger partial charge on any atom is -0.437 e. The number of benzene rings is 1. The average molecular weight is 312 g/mol. The summed E-state index contributed by atoms with van der Waals surface area (Å²) in [6.07, 6.45) is 1.41. The summed E-state index contributed by atoms with van der Waals surface area (Å²) in [5, 5.41) is 1.03. The first-order chi connectivity index (χ1) is 9.38. The number of nitrogen functional groups attached to an aromatic ring is 1. The van der Waals surface area contributed by atoms with Crippen LogP contribution in [0.2, 0.25) is 10.0 Å². The van der Waals surface area contributed by atoms with Crippen LogP contribution in [0, 0.1) is 6.92 Å². The minimum atomic E-state index is 0.111. The normalized spacial score (nSPS) is 10.9. The molecule has 4 nitrogen and oxygen atoms in total. The van der Waals surface area contributed by atoms with Gasteiger partial charge < -0.3 is 10.5 Å². The molecule has 0 fully saturated rings. The molecule has 0 aliphatic rings. The van der Waals surface area contributed by atoms with Crippen LogP contribution >= 0.6 is 23.2 Å². The fourth-order valence-corrected chi connectivity index (χ4v) is 2.33. The summed E-state index contributed by atoms with van der Waals surface area (Å²) in [5.41, 5.74) is 7.44. The average Bonchev–Trinajstić information content (AvgIpc) is 2.36. The molecular formula is C14H15Cl2N3O. The van der Waals surface area contributed by atoms with Gasteiger partial charge in [0.05, 0.1) is 6.20 Å². The predicted octanol–water partition coefficient (Wildman–Crippen LogP) is 4.59. The second kappa shape index (κ2) is 5.85. The maximum absolute atomic E-state index is 6.23. The number of nitrogens with zero attached hydrogens (tertiary/aromatic N) is 2. The molecule has 0 saturated heterocycles. The van der Waals surface area contributed by atoms with Gasteiger partial charge in [-0.05, 0) is 36.1 Å². The quantitative estimate of drug-likeness (QED) is 0.900. The lowest BCUT2D eigenvalue weighted by atomic mass is 10.0. The molecule has 0 aliphatic heterocycles. The van der Waals surface area contributed by atoms with Crippen LogP contribution in [-0.2, 0) is 0 Å². The molecule has 0 amide bonds. The Morgan fingerprint density at radius 2 is 1.90 bits per heavy atom. The predicted molar refractivity (Wildman–Crippen MR) is 81.8 cm³/mol. The number of anilines is 1. The number of hydrogen-bond donors (Lipinski definition) is 1. The molecular weight excluding hydrogens is 297 g/mol. The third-order valence-electron chi connectivity index (χ3n) is 2.85. The van der Waals surface area contributed by atoms with Crippen LogP contribution in [0.25, 0.3) is 0 Å². The first kappa shape index (κ1) is 14.9. The van der Waals surface area contributed by atoms with Crippen LogP contribution in [0.5, 0.6) is 11.6 Å². The maximum atomic E-state index is 6.23. The molecule has 20 heavy (non-hydrogen) atoms. The Morgan fingerprint density at radius 1 is 1.20 bits per heavy atom. The smallest absolute Gasteiger partial charge is 0.243 e. The van der Waals surface area contributed by atoms with Crippen molar-refractivity contribution in [2.24, 2.45) is 0 Å². The highest BCUT2D eigenvalue weighted by Gasteiger charge is 2.13. The van der Waals surface area contributed by atoms with Gasteiger partial charge in [0.15, 0.2) is 0 Å². The second-order valence-electron chi connectivity index (χ2n) is 4.78. The van der Waals surface area contributed by atoms with Crippen molar-refractivity contribution in [1.29, 1.82) is 0 Å². The third kappa shape index (κ3) is 3.14. The molecule has 0 saturated carbocycles. The fourth-order valence-electron chi connectivity index (χ4n) is 1.76. The zero-order valence-electron chi connectivity index (χ0n) is 11.4. The largest absolute Gasteiger partial charge is 0.437 e. The molecule has 0 atom stereocenters. The van der Waals surface area contributed by atoms with Gasteiger partial charge >= 0.3 is 0 Å². The van der Waals surface area contributed by atoms with Gasteiger partial charge in [0.2, 0.25) is 11.8 Å². The van der Waals surface area contributed by atoms with E-state index in [0.717, 1.165) is 16.1 Å². The van der Waals surface area contributed by atoms with Crippen molar-refractivity contribution in [3.63, 3.8) is 0 Å². The zero-order chi connectivity index (χ0) is 14.9. The van der Waals surface area contributed by atoms with Crippen LogP contribution < -0.4 is 10.5 Å². The standard InChI is InChI=1S/C14H15Cl2N3O/c1-7(2)9-5-12(8(3)4-10(9)15)20-13-11(16)6-18-14(17)19-13/h4-7H,1-3H3,(H2,17,18,19). The number of ether oxygens (including phenoxy) is 1. The number of hydrogen-bond acceptors (Lipinski definition) is 4. The van der Waals surface area contributed by atoms with Crippen molar-refractivity contribution in [2.45, 2.75) is 26.7 Å². The van der Waals surface area contributed by atoms with Crippen LogP contribution in [-0.4, -0.2) is 9.97 Å². The van der Waals surface area contributed by atoms with E-state index >= 15 is 0 Å². The molecule has 0 spiro atoms. The number of nitrogens with two attached hydrogens (primary N) is 1. The van der Waals surface area contributed by atoms with E-state index in [4.69, 9.17) is 33.7 Å². The first-order valence-corrected chi connectivity index (χ1v) is 6.90. The topological polar surface area (TPSA) is 61.0 Å². The Morgan fingerprint density at radius 3 is 2.55 bits per heavy atom. The van der Waals surface area contributed by atoms with Crippen molar-refractivity contribution in [3.8, 4) is 11.6 Å².